The zero-order valence-corrected chi connectivity index (χ0v) is 9.13. The van der Waals surface area contributed by atoms with Gasteiger partial charge in [0.1, 0.15) is 13.1 Å². The Balaban J connectivity index is 1.94. The van der Waals surface area contributed by atoms with Crippen LogP contribution in [0.3, 0.4) is 0 Å². The fraction of sp³-hybridized carbons (Fsp3) is 0.909. The van der Waals surface area contributed by atoms with E-state index in [0.29, 0.717) is 0 Å². The lowest BCUT2D eigenvalue weighted by Gasteiger charge is -2.05. The summed E-state index contributed by atoms with van der Waals surface area (Å²) >= 11 is 0. The molecular formula is C11H23N2+. The fourth-order valence-electron chi connectivity index (χ4n) is 1.77. The molecule has 0 amide bonds. The summed E-state index contributed by atoms with van der Waals surface area (Å²) in [7, 11) is 2.15. The van der Waals surface area contributed by atoms with Gasteiger partial charge in [0.25, 0.3) is 0 Å². The van der Waals surface area contributed by atoms with Gasteiger partial charge in [-0.25, -0.2) is 0 Å². The van der Waals surface area contributed by atoms with E-state index in [2.05, 4.69) is 29.8 Å². The smallest absolute Gasteiger partial charge is 0.234 e. The van der Waals surface area contributed by atoms with Gasteiger partial charge in [0, 0.05) is 0 Å². The average molecular weight is 183 g/mol. The molecule has 0 unspecified atom stereocenters. The second-order valence-electron chi connectivity index (χ2n) is 4.05. The maximum Gasteiger partial charge on any atom is 0.234 e. The summed E-state index contributed by atoms with van der Waals surface area (Å²) in [5, 5.41) is 0. The summed E-state index contributed by atoms with van der Waals surface area (Å²) in [5.41, 5.74) is 0. The van der Waals surface area contributed by atoms with Crippen LogP contribution in [-0.2, 0) is 0 Å². The molecule has 76 valence electrons. The van der Waals surface area contributed by atoms with Gasteiger partial charge in [-0.15, -0.1) is 0 Å². The zero-order chi connectivity index (χ0) is 9.52. The Hall–Kier alpha value is -0.530. The van der Waals surface area contributed by atoms with Gasteiger partial charge >= 0.3 is 0 Å². The summed E-state index contributed by atoms with van der Waals surface area (Å²) in [6.45, 7) is 5.95. The van der Waals surface area contributed by atoms with Gasteiger partial charge < -0.3 is 0 Å². The quantitative estimate of drug-likeness (QED) is 0.450. The standard InChI is InChI=1S/C11H23N2/c1-3-4-5-6-7-8-13-10-9-12(2)11-13/h11H,3-10H2,1-2H3/q+1. The molecular weight excluding hydrogens is 160 g/mol. The van der Waals surface area contributed by atoms with Crippen molar-refractivity contribution in [2.45, 2.75) is 39.0 Å². The van der Waals surface area contributed by atoms with Crippen molar-refractivity contribution >= 4 is 6.34 Å². The third-order valence-electron chi connectivity index (χ3n) is 2.65. The monoisotopic (exact) mass is 183 g/mol. The van der Waals surface area contributed by atoms with Crippen LogP contribution in [0.4, 0.5) is 0 Å². The van der Waals surface area contributed by atoms with E-state index in [4.69, 9.17) is 0 Å². The van der Waals surface area contributed by atoms with E-state index < -0.39 is 0 Å². The van der Waals surface area contributed by atoms with Gasteiger partial charge in [0.15, 0.2) is 0 Å². The molecule has 2 heteroatoms. The molecule has 0 saturated heterocycles. The maximum absolute atomic E-state index is 2.44. The van der Waals surface area contributed by atoms with Crippen LogP contribution in [-0.4, -0.2) is 42.5 Å². The van der Waals surface area contributed by atoms with Gasteiger partial charge in [0.2, 0.25) is 6.34 Å². The van der Waals surface area contributed by atoms with Gasteiger partial charge in [-0.05, 0) is 12.8 Å². The van der Waals surface area contributed by atoms with Gasteiger partial charge in [0.05, 0.1) is 13.6 Å². The largest absolute Gasteiger partial charge is 0.267 e. The first kappa shape index (κ1) is 10.6. The molecule has 13 heavy (non-hydrogen) atoms. The second kappa shape index (κ2) is 6.01. The van der Waals surface area contributed by atoms with Crippen LogP contribution in [0, 0.1) is 0 Å². The average Bonchev–Trinajstić information content (AvgIpc) is 2.51. The SMILES string of the molecule is CCCCCCCN1C=[N+](C)CC1. The summed E-state index contributed by atoms with van der Waals surface area (Å²) in [5.74, 6) is 0. The molecule has 0 radical (unpaired) electrons. The van der Waals surface area contributed by atoms with E-state index in [1.807, 2.05) is 0 Å². The highest BCUT2D eigenvalue weighted by Crippen LogP contribution is 2.04. The third-order valence-corrected chi connectivity index (χ3v) is 2.65. The van der Waals surface area contributed by atoms with Crippen LogP contribution in [0.15, 0.2) is 0 Å². The van der Waals surface area contributed by atoms with Crippen molar-refractivity contribution in [3.63, 3.8) is 0 Å². The van der Waals surface area contributed by atoms with Crippen LogP contribution in [0.2, 0.25) is 0 Å². The Bertz CT molecular complexity index is 163. The van der Waals surface area contributed by atoms with E-state index in [-0.39, 0.29) is 0 Å². The molecule has 1 heterocycles. The number of nitrogens with zero attached hydrogens (tertiary/aromatic N) is 2. The van der Waals surface area contributed by atoms with E-state index in [1.165, 1.54) is 51.7 Å². The van der Waals surface area contributed by atoms with Crippen LogP contribution in [0.1, 0.15) is 39.0 Å². The number of hydrogen-bond acceptors (Lipinski definition) is 1. The van der Waals surface area contributed by atoms with Crippen molar-refractivity contribution in [1.82, 2.24) is 4.90 Å². The molecule has 0 spiro atoms. The molecule has 1 aliphatic rings. The molecule has 2 nitrogen and oxygen atoms in total. The first-order valence-corrected chi connectivity index (χ1v) is 5.62. The molecule has 0 aromatic rings. The topological polar surface area (TPSA) is 6.25 Å². The molecule has 0 aliphatic carbocycles. The number of unbranched alkanes of at least 4 members (excludes halogenated alkanes) is 4. The Morgan fingerprint density at radius 2 is 2.00 bits per heavy atom. The molecule has 0 aromatic heterocycles. The van der Waals surface area contributed by atoms with E-state index in [0.717, 1.165) is 0 Å². The highest BCUT2D eigenvalue weighted by atomic mass is 15.2. The fourth-order valence-corrected chi connectivity index (χ4v) is 1.77. The zero-order valence-electron chi connectivity index (χ0n) is 9.13. The predicted molar refractivity (Wildman–Crippen MR) is 57.4 cm³/mol. The van der Waals surface area contributed by atoms with Gasteiger partial charge in [-0.1, -0.05) is 26.2 Å². The maximum atomic E-state index is 2.44. The molecule has 1 aliphatic heterocycles. The Kier molecular flexibility index (Phi) is 4.87. The lowest BCUT2D eigenvalue weighted by molar-refractivity contribution is -0.482. The molecule has 0 fully saturated rings. The Labute approximate surface area is 82.2 Å². The lowest BCUT2D eigenvalue weighted by Crippen LogP contribution is -2.20. The number of rotatable bonds is 6. The van der Waals surface area contributed by atoms with Crippen molar-refractivity contribution in [2.75, 3.05) is 26.7 Å². The second-order valence-corrected chi connectivity index (χ2v) is 4.05. The molecule has 0 atom stereocenters. The predicted octanol–water partition coefficient (Wildman–Crippen LogP) is 1.94. The summed E-state index contributed by atoms with van der Waals surface area (Å²) < 4.78 is 2.27. The number of likely N-dealkylation sites (N-methyl/N-ethyl adjacent to an activating group) is 1. The Morgan fingerprint density at radius 3 is 2.62 bits per heavy atom. The van der Waals surface area contributed by atoms with Crippen molar-refractivity contribution in [3.8, 4) is 0 Å². The third kappa shape index (κ3) is 4.30. The van der Waals surface area contributed by atoms with E-state index >= 15 is 0 Å². The van der Waals surface area contributed by atoms with Crippen LogP contribution < -0.4 is 0 Å². The minimum Gasteiger partial charge on any atom is -0.267 e. The summed E-state index contributed by atoms with van der Waals surface area (Å²) in [6, 6.07) is 0. The summed E-state index contributed by atoms with van der Waals surface area (Å²) in [6.07, 6.45) is 9.19. The first-order chi connectivity index (χ1) is 6.33. The highest BCUT2D eigenvalue weighted by Gasteiger charge is 2.14. The van der Waals surface area contributed by atoms with Crippen molar-refractivity contribution in [1.29, 1.82) is 0 Å². The molecule has 1 rings (SSSR count). The molecule has 0 aromatic carbocycles. The summed E-state index contributed by atoms with van der Waals surface area (Å²) in [4.78, 5) is 2.44. The minimum atomic E-state index is 1.20. The van der Waals surface area contributed by atoms with Gasteiger partial charge in [-0.3, -0.25) is 9.48 Å². The molecule has 0 saturated carbocycles. The van der Waals surface area contributed by atoms with Crippen LogP contribution >= 0.6 is 0 Å². The minimum absolute atomic E-state index is 1.20. The van der Waals surface area contributed by atoms with Crippen molar-refractivity contribution in [2.24, 2.45) is 0 Å². The van der Waals surface area contributed by atoms with E-state index in [1.54, 1.807) is 0 Å². The Morgan fingerprint density at radius 1 is 1.23 bits per heavy atom. The lowest BCUT2D eigenvalue weighted by atomic mass is 10.1. The van der Waals surface area contributed by atoms with Crippen LogP contribution in [0.25, 0.3) is 0 Å². The molecule has 0 bridgehead atoms. The molecule has 0 N–H and O–H groups in total. The van der Waals surface area contributed by atoms with Crippen LogP contribution in [0.5, 0.6) is 0 Å². The normalized spacial score (nSPS) is 16.5. The highest BCUT2D eigenvalue weighted by molar-refractivity contribution is 5.50. The first-order valence-electron chi connectivity index (χ1n) is 5.62. The van der Waals surface area contributed by atoms with Crippen molar-refractivity contribution in [3.05, 3.63) is 0 Å². The van der Waals surface area contributed by atoms with Gasteiger partial charge in [-0.2, -0.15) is 0 Å². The van der Waals surface area contributed by atoms with E-state index in [9.17, 15) is 0 Å². The van der Waals surface area contributed by atoms with Crippen molar-refractivity contribution < 1.29 is 4.58 Å². The number of hydrogen-bond donors (Lipinski definition) is 0.